The molecule has 1 atom stereocenters. The molecule has 0 aliphatic carbocycles. The average molecular weight is 345 g/mol. The largest absolute Gasteiger partial charge is 0.360 e. The van der Waals surface area contributed by atoms with Crippen molar-refractivity contribution in [2.45, 2.75) is 39.2 Å². The number of aromatic nitrogens is 1. The Bertz CT molecular complexity index is 840. The zero-order chi connectivity index (χ0) is 18.0. The van der Waals surface area contributed by atoms with Gasteiger partial charge in [0.25, 0.3) is 5.91 Å². The van der Waals surface area contributed by atoms with Gasteiger partial charge in [0.2, 0.25) is 5.43 Å². The molecule has 2 aromatic rings. The van der Waals surface area contributed by atoms with Crippen LogP contribution in [0.25, 0.3) is 10.9 Å². The highest BCUT2D eigenvalue weighted by molar-refractivity contribution is 5.97. The van der Waals surface area contributed by atoms with Gasteiger partial charge in [-0.15, -0.1) is 0 Å². The number of aryl methyl sites for hydroxylation is 1. The second-order valence-corrected chi connectivity index (χ2v) is 6.91. The summed E-state index contributed by atoms with van der Waals surface area (Å²) < 4.78 is 13.6. The van der Waals surface area contributed by atoms with Gasteiger partial charge in [-0.1, -0.05) is 6.42 Å². The first kappa shape index (κ1) is 17.6. The molecule has 1 aliphatic rings. The standard InChI is InChI=1S/C19H24FN3O2/c1-12-8-14(20)9-15-17(12)21-10-16(18(15)24)19(25)22-13(2)11-23-6-4-3-5-7-23/h8-10,13H,3-7,11H2,1-2H3,(H,21,24)(H,22,25)/t13-/m0/s1. The van der Waals surface area contributed by atoms with E-state index in [1.54, 1.807) is 6.92 Å². The van der Waals surface area contributed by atoms with Crippen LogP contribution in [0, 0.1) is 12.7 Å². The van der Waals surface area contributed by atoms with Crippen molar-refractivity contribution in [2.24, 2.45) is 0 Å². The average Bonchev–Trinajstić information content (AvgIpc) is 2.56. The topological polar surface area (TPSA) is 65.2 Å². The lowest BCUT2D eigenvalue weighted by Crippen LogP contribution is -2.44. The summed E-state index contributed by atoms with van der Waals surface area (Å²) >= 11 is 0. The maximum absolute atomic E-state index is 13.6. The molecule has 1 aliphatic heterocycles. The summed E-state index contributed by atoms with van der Waals surface area (Å²) in [6.07, 6.45) is 5.06. The zero-order valence-electron chi connectivity index (χ0n) is 14.7. The van der Waals surface area contributed by atoms with E-state index in [1.165, 1.54) is 37.6 Å². The van der Waals surface area contributed by atoms with Crippen LogP contribution in [0.2, 0.25) is 0 Å². The summed E-state index contributed by atoms with van der Waals surface area (Å²) in [6, 6.07) is 2.48. The molecule has 0 unspecified atom stereocenters. The van der Waals surface area contributed by atoms with Crippen LogP contribution < -0.4 is 10.7 Å². The molecule has 0 radical (unpaired) electrons. The van der Waals surface area contributed by atoms with Crippen LogP contribution >= 0.6 is 0 Å². The first-order valence-corrected chi connectivity index (χ1v) is 8.80. The smallest absolute Gasteiger partial charge is 0.257 e. The van der Waals surface area contributed by atoms with E-state index >= 15 is 0 Å². The Morgan fingerprint density at radius 2 is 2.04 bits per heavy atom. The van der Waals surface area contributed by atoms with Gasteiger partial charge in [-0.25, -0.2) is 4.39 Å². The number of likely N-dealkylation sites (tertiary alicyclic amines) is 1. The van der Waals surface area contributed by atoms with Crippen LogP contribution in [-0.4, -0.2) is 41.5 Å². The third-order valence-electron chi connectivity index (χ3n) is 4.75. The Balaban J connectivity index is 1.77. The molecule has 2 heterocycles. The first-order valence-electron chi connectivity index (χ1n) is 8.80. The van der Waals surface area contributed by atoms with Gasteiger partial charge in [0, 0.05) is 24.2 Å². The number of amides is 1. The summed E-state index contributed by atoms with van der Waals surface area (Å²) in [5, 5.41) is 3.09. The van der Waals surface area contributed by atoms with Gasteiger partial charge in [-0.2, -0.15) is 0 Å². The minimum absolute atomic E-state index is 0.0167. The zero-order valence-corrected chi connectivity index (χ0v) is 14.7. The van der Waals surface area contributed by atoms with E-state index in [1.807, 2.05) is 6.92 Å². The maximum atomic E-state index is 13.6. The summed E-state index contributed by atoms with van der Waals surface area (Å²) in [6.45, 7) is 6.53. The maximum Gasteiger partial charge on any atom is 0.257 e. The molecule has 3 rings (SSSR count). The number of nitrogens with one attached hydrogen (secondary N) is 2. The van der Waals surface area contributed by atoms with Crippen LogP contribution in [0.15, 0.2) is 23.1 Å². The van der Waals surface area contributed by atoms with E-state index in [2.05, 4.69) is 15.2 Å². The van der Waals surface area contributed by atoms with Crippen molar-refractivity contribution in [3.63, 3.8) is 0 Å². The predicted molar refractivity (Wildman–Crippen MR) is 96.5 cm³/mol. The molecule has 1 aromatic carbocycles. The molecule has 25 heavy (non-hydrogen) atoms. The van der Waals surface area contributed by atoms with E-state index in [0.29, 0.717) is 11.1 Å². The third kappa shape index (κ3) is 3.90. The van der Waals surface area contributed by atoms with Crippen LogP contribution in [0.3, 0.4) is 0 Å². The van der Waals surface area contributed by atoms with Gasteiger partial charge in [0.15, 0.2) is 0 Å². The normalized spacial score (nSPS) is 16.8. The Morgan fingerprint density at radius 3 is 2.76 bits per heavy atom. The minimum atomic E-state index is -0.480. The quantitative estimate of drug-likeness (QED) is 0.895. The highest BCUT2D eigenvalue weighted by Gasteiger charge is 2.18. The van der Waals surface area contributed by atoms with Crippen molar-refractivity contribution in [1.29, 1.82) is 0 Å². The van der Waals surface area contributed by atoms with E-state index in [9.17, 15) is 14.0 Å². The van der Waals surface area contributed by atoms with E-state index in [0.717, 1.165) is 19.6 Å². The highest BCUT2D eigenvalue weighted by atomic mass is 19.1. The molecule has 1 amide bonds. The molecular formula is C19H24FN3O2. The van der Waals surface area contributed by atoms with Crippen LogP contribution in [0.4, 0.5) is 4.39 Å². The van der Waals surface area contributed by atoms with Crippen molar-refractivity contribution in [3.05, 3.63) is 45.5 Å². The number of aromatic amines is 1. The van der Waals surface area contributed by atoms with Crippen LogP contribution in [0.1, 0.15) is 42.1 Å². The van der Waals surface area contributed by atoms with Crippen molar-refractivity contribution in [2.75, 3.05) is 19.6 Å². The van der Waals surface area contributed by atoms with Crippen molar-refractivity contribution < 1.29 is 9.18 Å². The molecule has 0 bridgehead atoms. The second-order valence-electron chi connectivity index (χ2n) is 6.91. The van der Waals surface area contributed by atoms with Gasteiger partial charge in [0.1, 0.15) is 11.4 Å². The lowest BCUT2D eigenvalue weighted by molar-refractivity contribution is 0.0924. The van der Waals surface area contributed by atoms with Crippen molar-refractivity contribution >= 4 is 16.8 Å². The van der Waals surface area contributed by atoms with E-state index < -0.39 is 17.2 Å². The van der Waals surface area contributed by atoms with E-state index in [4.69, 9.17) is 0 Å². The van der Waals surface area contributed by atoms with Crippen LogP contribution in [0.5, 0.6) is 0 Å². The number of carbonyl (C=O) groups is 1. The Labute approximate surface area is 146 Å². The third-order valence-corrected chi connectivity index (χ3v) is 4.75. The fourth-order valence-electron chi connectivity index (χ4n) is 3.51. The minimum Gasteiger partial charge on any atom is -0.360 e. The van der Waals surface area contributed by atoms with Gasteiger partial charge >= 0.3 is 0 Å². The molecule has 1 saturated heterocycles. The Hall–Kier alpha value is -2.21. The predicted octanol–water partition coefficient (Wildman–Crippen LogP) is 2.58. The number of hydrogen-bond acceptors (Lipinski definition) is 3. The lowest BCUT2D eigenvalue weighted by Gasteiger charge is -2.29. The fourth-order valence-corrected chi connectivity index (χ4v) is 3.51. The summed E-state index contributed by atoms with van der Waals surface area (Å²) in [5.41, 5.74) is 0.767. The summed E-state index contributed by atoms with van der Waals surface area (Å²) in [4.78, 5) is 30.4. The van der Waals surface area contributed by atoms with Gasteiger partial charge < -0.3 is 15.2 Å². The fraction of sp³-hybridized carbons (Fsp3) is 0.474. The second kappa shape index (κ2) is 7.35. The number of carbonyl (C=O) groups excluding carboxylic acids is 1. The number of benzene rings is 1. The highest BCUT2D eigenvalue weighted by Crippen LogP contribution is 2.15. The lowest BCUT2D eigenvalue weighted by atomic mass is 10.1. The van der Waals surface area contributed by atoms with Gasteiger partial charge in [0.05, 0.1) is 5.52 Å². The number of fused-ring (bicyclic) bond motifs is 1. The number of H-pyrrole nitrogens is 1. The molecule has 1 aromatic heterocycles. The first-order chi connectivity index (χ1) is 12.0. The molecule has 0 saturated carbocycles. The van der Waals surface area contributed by atoms with Crippen molar-refractivity contribution in [1.82, 2.24) is 15.2 Å². The monoisotopic (exact) mass is 345 g/mol. The molecule has 2 N–H and O–H groups in total. The van der Waals surface area contributed by atoms with E-state index in [-0.39, 0.29) is 17.0 Å². The van der Waals surface area contributed by atoms with Gasteiger partial charge in [-0.3, -0.25) is 9.59 Å². The molecule has 134 valence electrons. The number of piperidine rings is 1. The number of rotatable bonds is 4. The molecule has 0 spiro atoms. The molecule has 5 nitrogen and oxygen atoms in total. The number of nitrogens with zero attached hydrogens (tertiary/aromatic N) is 1. The van der Waals surface area contributed by atoms with Crippen molar-refractivity contribution in [3.8, 4) is 0 Å². The van der Waals surface area contributed by atoms with Crippen LogP contribution in [-0.2, 0) is 0 Å². The number of pyridine rings is 1. The Kier molecular flexibility index (Phi) is 5.18. The number of hydrogen-bond donors (Lipinski definition) is 2. The summed E-state index contributed by atoms with van der Waals surface area (Å²) in [5.74, 6) is -0.902. The summed E-state index contributed by atoms with van der Waals surface area (Å²) in [7, 11) is 0. The Morgan fingerprint density at radius 1 is 1.32 bits per heavy atom. The molecule has 6 heteroatoms. The molecular weight excluding hydrogens is 321 g/mol. The SMILES string of the molecule is Cc1cc(F)cc2c(=O)c(C(=O)N[C@@H](C)CN3CCCCC3)c[nH]c12. The van der Waals surface area contributed by atoms with Gasteiger partial charge in [-0.05, 0) is 57.5 Å². The number of halogens is 1. The molecule has 1 fully saturated rings.